The van der Waals surface area contributed by atoms with Crippen molar-refractivity contribution < 1.29 is 14.1 Å². The largest absolute Gasteiger partial charge is 0.434 e. The number of furan rings is 1. The summed E-state index contributed by atoms with van der Waals surface area (Å²) in [5.74, 6) is -0.415. The summed E-state index contributed by atoms with van der Waals surface area (Å²) in [4.78, 5) is 20.9. The Bertz CT molecular complexity index is 544. The molecule has 76 valence electrons. The van der Waals surface area contributed by atoms with Gasteiger partial charge in [-0.3, -0.25) is 14.9 Å². The molecular formula is C10H7NO4. The van der Waals surface area contributed by atoms with Crippen LogP contribution in [0.3, 0.4) is 0 Å². The van der Waals surface area contributed by atoms with Crippen LogP contribution in [0.2, 0.25) is 0 Å². The van der Waals surface area contributed by atoms with E-state index in [0.29, 0.717) is 16.5 Å². The van der Waals surface area contributed by atoms with E-state index in [2.05, 4.69) is 0 Å². The fourth-order valence-corrected chi connectivity index (χ4v) is 1.33. The Morgan fingerprint density at radius 2 is 2.13 bits per heavy atom. The number of ketones is 1. The maximum atomic E-state index is 11.1. The number of fused-ring (bicyclic) bond motifs is 1. The van der Waals surface area contributed by atoms with Crippen LogP contribution in [0.15, 0.2) is 28.7 Å². The highest BCUT2D eigenvalue weighted by Crippen LogP contribution is 2.25. The normalized spacial score (nSPS) is 10.5. The van der Waals surface area contributed by atoms with Gasteiger partial charge in [0.05, 0.1) is 6.07 Å². The van der Waals surface area contributed by atoms with Gasteiger partial charge >= 0.3 is 5.88 Å². The summed E-state index contributed by atoms with van der Waals surface area (Å²) in [5.41, 5.74) is 0.834. The highest BCUT2D eigenvalue weighted by molar-refractivity contribution is 5.97. The molecular weight excluding hydrogens is 198 g/mol. The molecule has 0 aliphatic heterocycles. The van der Waals surface area contributed by atoms with E-state index >= 15 is 0 Å². The van der Waals surface area contributed by atoms with Crippen LogP contribution in [0.5, 0.6) is 0 Å². The summed E-state index contributed by atoms with van der Waals surface area (Å²) < 4.78 is 4.97. The quantitative estimate of drug-likeness (QED) is 0.429. The number of hydrogen-bond donors (Lipinski definition) is 0. The monoisotopic (exact) mass is 205 g/mol. The molecule has 15 heavy (non-hydrogen) atoms. The molecule has 0 radical (unpaired) electrons. The summed E-state index contributed by atoms with van der Waals surface area (Å²) >= 11 is 0. The van der Waals surface area contributed by atoms with E-state index in [1.807, 2.05) is 0 Å². The first-order chi connectivity index (χ1) is 7.08. The summed E-state index contributed by atoms with van der Waals surface area (Å²) in [6, 6.07) is 6.08. The van der Waals surface area contributed by atoms with Crippen molar-refractivity contribution in [3.8, 4) is 0 Å². The van der Waals surface area contributed by atoms with Gasteiger partial charge in [-0.2, -0.15) is 0 Å². The van der Waals surface area contributed by atoms with Gasteiger partial charge in [0.1, 0.15) is 10.5 Å². The fraction of sp³-hybridized carbons (Fsp3) is 0.100. The van der Waals surface area contributed by atoms with Crippen LogP contribution >= 0.6 is 0 Å². The third-order valence-electron chi connectivity index (χ3n) is 2.09. The summed E-state index contributed by atoms with van der Waals surface area (Å²) in [6.45, 7) is 1.43. The predicted molar refractivity (Wildman–Crippen MR) is 52.9 cm³/mol. The molecule has 2 aromatic rings. The van der Waals surface area contributed by atoms with Crippen molar-refractivity contribution in [1.82, 2.24) is 0 Å². The molecule has 5 nitrogen and oxygen atoms in total. The summed E-state index contributed by atoms with van der Waals surface area (Å²) in [6.07, 6.45) is 0. The Morgan fingerprint density at radius 3 is 2.73 bits per heavy atom. The Labute approximate surface area is 84.5 Å². The maximum Gasteiger partial charge on any atom is 0.434 e. The molecule has 0 bridgehead atoms. The highest BCUT2D eigenvalue weighted by atomic mass is 16.6. The minimum Gasteiger partial charge on any atom is -0.401 e. The van der Waals surface area contributed by atoms with Crippen molar-refractivity contribution in [2.24, 2.45) is 0 Å². The third-order valence-corrected chi connectivity index (χ3v) is 2.09. The van der Waals surface area contributed by atoms with E-state index in [9.17, 15) is 14.9 Å². The van der Waals surface area contributed by atoms with Crippen LogP contribution in [0, 0.1) is 10.1 Å². The van der Waals surface area contributed by atoms with E-state index in [1.54, 1.807) is 12.1 Å². The molecule has 0 aliphatic rings. The summed E-state index contributed by atoms with van der Waals surface area (Å²) in [5, 5.41) is 11.1. The van der Waals surface area contributed by atoms with E-state index in [1.165, 1.54) is 19.1 Å². The number of benzene rings is 1. The fourth-order valence-electron chi connectivity index (χ4n) is 1.33. The van der Waals surface area contributed by atoms with Crippen LogP contribution in [-0.2, 0) is 0 Å². The molecule has 1 aromatic carbocycles. The van der Waals surface area contributed by atoms with Crippen molar-refractivity contribution in [2.75, 3.05) is 0 Å². The number of carbonyl (C=O) groups is 1. The first-order valence-electron chi connectivity index (χ1n) is 4.27. The van der Waals surface area contributed by atoms with E-state index < -0.39 is 4.92 Å². The maximum absolute atomic E-state index is 11.1. The van der Waals surface area contributed by atoms with Gasteiger partial charge in [0.25, 0.3) is 0 Å². The molecule has 0 fully saturated rings. The molecule has 0 saturated heterocycles. The van der Waals surface area contributed by atoms with Crippen LogP contribution in [0.4, 0.5) is 5.88 Å². The predicted octanol–water partition coefficient (Wildman–Crippen LogP) is 2.54. The number of nitro groups is 1. The van der Waals surface area contributed by atoms with E-state index in [0.717, 1.165) is 0 Å². The second kappa shape index (κ2) is 3.20. The van der Waals surface area contributed by atoms with Crippen LogP contribution in [0.1, 0.15) is 17.3 Å². The lowest BCUT2D eigenvalue weighted by Gasteiger charge is -1.92. The Kier molecular flexibility index (Phi) is 2.00. The standard InChI is InChI=1S/C10H7NO4/c1-6(12)7-2-3-8-5-10(11(13)14)15-9(8)4-7/h2-5H,1H3. The number of Topliss-reactive ketones (excluding diaryl/α,β-unsaturated/α-hetero) is 1. The molecule has 5 heteroatoms. The topological polar surface area (TPSA) is 73.3 Å². The van der Waals surface area contributed by atoms with Gasteiger partial charge < -0.3 is 4.42 Å². The number of nitrogens with zero attached hydrogens (tertiary/aromatic N) is 1. The van der Waals surface area contributed by atoms with E-state index in [4.69, 9.17) is 4.42 Å². The zero-order valence-electron chi connectivity index (χ0n) is 7.89. The molecule has 0 saturated carbocycles. The molecule has 1 heterocycles. The van der Waals surface area contributed by atoms with Crippen molar-refractivity contribution in [1.29, 1.82) is 0 Å². The Hall–Kier alpha value is -2.17. The molecule has 0 unspecified atom stereocenters. The first kappa shape index (κ1) is 9.39. The van der Waals surface area contributed by atoms with Gasteiger partial charge in [-0.05, 0) is 13.0 Å². The van der Waals surface area contributed by atoms with Gasteiger partial charge in [0.2, 0.25) is 0 Å². The molecule has 1 aromatic heterocycles. The molecule has 2 rings (SSSR count). The highest BCUT2D eigenvalue weighted by Gasteiger charge is 2.13. The van der Waals surface area contributed by atoms with Gasteiger partial charge in [-0.1, -0.05) is 12.1 Å². The molecule has 0 atom stereocenters. The second-order valence-corrected chi connectivity index (χ2v) is 3.15. The lowest BCUT2D eigenvalue weighted by atomic mass is 10.1. The minimum absolute atomic E-state index is 0.101. The van der Waals surface area contributed by atoms with Gasteiger partial charge in [0.15, 0.2) is 5.78 Å². The molecule has 0 amide bonds. The Morgan fingerprint density at radius 1 is 1.40 bits per heavy atom. The lowest BCUT2D eigenvalue weighted by Crippen LogP contribution is -1.89. The smallest absolute Gasteiger partial charge is 0.401 e. The molecule has 0 N–H and O–H groups in total. The van der Waals surface area contributed by atoms with Crippen molar-refractivity contribution in [2.45, 2.75) is 6.92 Å². The third kappa shape index (κ3) is 1.59. The van der Waals surface area contributed by atoms with Crippen molar-refractivity contribution in [3.63, 3.8) is 0 Å². The lowest BCUT2D eigenvalue weighted by molar-refractivity contribution is -0.401. The average Bonchev–Trinajstić information content (AvgIpc) is 2.59. The SMILES string of the molecule is CC(=O)c1ccc2cc([N+](=O)[O-])oc2c1. The number of hydrogen-bond acceptors (Lipinski definition) is 4. The van der Waals surface area contributed by atoms with Crippen LogP contribution in [-0.4, -0.2) is 10.7 Å². The van der Waals surface area contributed by atoms with Crippen LogP contribution in [0.25, 0.3) is 11.0 Å². The zero-order chi connectivity index (χ0) is 11.0. The number of rotatable bonds is 2. The van der Waals surface area contributed by atoms with Gasteiger partial charge in [0, 0.05) is 10.9 Å². The summed E-state index contributed by atoms with van der Waals surface area (Å²) in [7, 11) is 0. The number of carbonyl (C=O) groups excluding carboxylic acids is 1. The second-order valence-electron chi connectivity index (χ2n) is 3.15. The first-order valence-corrected chi connectivity index (χ1v) is 4.27. The molecule has 0 aliphatic carbocycles. The van der Waals surface area contributed by atoms with Crippen molar-refractivity contribution in [3.05, 3.63) is 39.9 Å². The van der Waals surface area contributed by atoms with Gasteiger partial charge in [-0.25, -0.2) is 0 Å². The van der Waals surface area contributed by atoms with E-state index in [-0.39, 0.29) is 11.7 Å². The zero-order valence-corrected chi connectivity index (χ0v) is 7.89. The Balaban J connectivity index is 2.62. The average molecular weight is 205 g/mol. The minimum atomic E-state index is -0.604. The van der Waals surface area contributed by atoms with Crippen molar-refractivity contribution >= 4 is 22.6 Å². The van der Waals surface area contributed by atoms with Crippen LogP contribution < -0.4 is 0 Å². The molecule has 0 spiro atoms. The van der Waals surface area contributed by atoms with Gasteiger partial charge in [-0.15, -0.1) is 0 Å².